The molecule has 1 unspecified atom stereocenters. The zero-order chi connectivity index (χ0) is 11.5. The number of fused-ring (bicyclic) bond motifs is 1. The van der Waals surface area contributed by atoms with Gasteiger partial charge in [0.15, 0.2) is 0 Å². The van der Waals surface area contributed by atoms with Crippen LogP contribution >= 0.6 is 0 Å². The van der Waals surface area contributed by atoms with Crippen molar-refractivity contribution >= 4 is 10.9 Å². The number of nitrogens with zero attached hydrogens (tertiary/aromatic N) is 1. The van der Waals surface area contributed by atoms with Crippen LogP contribution in [0.4, 0.5) is 0 Å². The number of rotatable bonds is 3. The van der Waals surface area contributed by atoms with Crippen LogP contribution in [0.1, 0.15) is 38.2 Å². The van der Waals surface area contributed by atoms with E-state index >= 15 is 0 Å². The Hall–Kier alpha value is -1.57. The predicted molar refractivity (Wildman–Crippen MR) is 66.7 cm³/mol. The molecule has 2 nitrogen and oxygen atoms in total. The van der Waals surface area contributed by atoms with E-state index in [0.29, 0.717) is 11.4 Å². The van der Waals surface area contributed by atoms with Crippen LogP contribution in [0.2, 0.25) is 0 Å². The summed E-state index contributed by atoms with van der Waals surface area (Å²) in [6.07, 6.45) is 4.01. The summed E-state index contributed by atoms with van der Waals surface area (Å²) in [6.45, 7) is 4.37. The maximum absolute atomic E-state index is 9.91. The molecule has 0 fully saturated rings. The molecular formula is C14H17NO. The molecular weight excluding hydrogens is 198 g/mol. The molecule has 2 aromatic rings. The summed E-state index contributed by atoms with van der Waals surface area (Å²) in [7, 11) is 0. The molecule has 0 amide bonds. The van der Waals surface area contributed by atoms with Crippen molar-refractivity contribution < 1.29 is 5.11 Å². The van der Waals surface area contributed by atoms with Gasteiger partial charge in [0, 0.05) is 11.6 Å². The van der Waals surface area contributed by atoms with Gasteiger partial charge in [-0.2, -0.15) is 0 Å². The Balaban J connectivity index is 2.49. The lowest BCUT2D eigenvalue weighted by Gasteiger charge is -2.12. The third kappa shape index (κ3) is 2.01. The number of phenolic OH excluding ortho intramolecular Hbond substituents is 1. The number of benzene rings is 1. The molecule has 0 saturated carbocycles. The molecule has 0 spiro atoms. The van der Waals surface area contributed by atoms with Crippen molar-refractivity contribution in [2.24, 2.45) is 0 Å². The maximum atomic E-state index is 9.91. The van der Waals surface area contributed by atoms with E-state index in [0.717, 1.165) is 18.2 Å². The Labute approximate surface area is 96.0 Å². The minimum atomic E-state index is 0.288. The Kier molecular flexibility index (Phi) is 3.09. The molecule has 1 N–H and O–H groups in total. The van der Waals surface area contributed by atoms with E-state index in [-0.39, 0.29) is 5.75 Å². The zero-order valence-corrected chi connectivity index (χ0v) is 9.77. The van der Waals surface area contributed by atoms with Gasteiger partial charge in [0.1, 0.15) is 11.3 Å². The van der Waals surface area contributed by atoms with E-state index in [2.05, 4.69) is 24.9 Å². The second kappa shape index (κ2) is 4.52. The van der Waals surface area contributed by atoms with Crippen molar-refractivity contribution in [3.05, 3.63) is 36.0 Å². The number of pyridine rings is 1. The van der Waals surface area contributed by atoms with Gasteiger partial charge in [-0.1, -0.05) is 26.3 Å². The molecule has 0 saturated heterocycles. The van der Waals surface area contributed by atoms with E-state index in [1.54, 1.807) is 6.20 Å². The molecule has 0 aliphatic carbocycles. The fourth-order valence-electron chi connectivity index (χ4n) is 2.08. The second-order valence-electron chi connectivity index (χ2n) is 4.30. The summed E-state index contributed by atoms with van der Waals surface area (Å²) >= 11 is 0. The SMILES string of the molecule is CCCC(C)c1cc(O)c2ncccc2c1. The third-order valence-corrected chi connectivity index (χ3v) is 3.00. The van der Waals surface area contributed by atoms with Crippen molar-refractivity contribution in [3.63, 3.8) is 0 Å². The lowest BCUT2D eigenvalue weighted by Crippen LogP contribution is -1.93. The van der Waals surface area contributed by atoms with Crippen LogP contribution in [0.3, 0.4) is 0 Å². The summed E-state index contributed by atoms with van der Waals surface area (Å²) in [5.41, 5.74) is 1.88. The number of hydrogen-bond donors (Lipinski definition) is 1. The first-order chi connectivity index (χ1) is 7.72. The minimum absolute atomic E-state index is 0.288. The van der Waals surface area contributed by atoms with Gasteiger partial charge in [-0.25, -0.2) is 0 Å². The van der Waals surface area contributed by atoms with Crippen LogP contribution in [0.15, 0.2) is 30.5 Å². The molecule has 2 rings (SSSR count). The average molecular weight is 215 g/mol. The summed E-state index contributed by atoms with van der Waals surface area (Å²) in [6, 6.07) is 7.86. The zero-order valence-electron chi connectivity index (χ0n) is 9.77. The van der Waals surface area contributed by atoms with Crippen LogP contribution in [0.5, 0.6) is 5.75 Å². The Morgan fingerprint density at radius 2 is 2.19 bits per heavy atom. The quantitative estimate of drug-likeness (QED) is 0.843. The van der Waals surface area contributed by atoms with Gasteiger partial charge in [-0.05, 0) is 36.1 Å². The largest absolute Gasteiger partial charge is 0.506 e. The van der Waals surface area contributed by atoms with E-state index in [4.69, 9.17) is 0 Å². The number of aromatic nitrogens is 1. The molecule has 1 aromatic carbocycles. The molecule has 2 heteroatoms. The molecule has 1 aromatic heterocycles. The van der Waals surface area contributed by atoms with Gasteiger partial charge in [0.05, 0.1) is 0 Å². The van der Waals surface area contributed by atoms with E-state index in [9.17, 15) is 5.11 Å². The Bertz CT molecular complexity index is 493. The predicted octanol–water partition coefficient (Wildman–Crippen LogP) is 3.84. The highest BCUT2D eigenvalue weighted by molar-refractivity contribution is 5.84. The number of aromatic hydroxyl groups is 1. The van der Waals surface area contributed by atoms with Crippen molar-refractivity contribution in [1.29, 1.82) is 0 Å². The second-order valence-corrected chi connectivity index (χ2v) is 4.30. The van der Waals surface area contributed by atoms with Crippen molar-refractivity contribution in [3.8, 4) is 5.75 Å². The highest BCUT2D eigenvalue weighted by Crippen LogP contribution is 2.29. The first kappa shape index (κ1) is 10.9. The Morgan fingerprint density at radius 1 is 1.38 bits per heavy atom. The first-order valence-corrected chi connectivity index (χ1v) is 5.80. The van der Waals surface area contributed by atoms with Crippen molar-refractivity contribution in [2.45, 2.75) is 32.6 Å². The van der Waals surface area contributed by atoms with E-state index in [1.807, 2.05) is 18.2 Å². The molecule has 1 heterocycles. The molecule has 0 aliphatic heterocycles. The van der Waals surface area contributed by atoms with Crippen LogP contribution in [-0.4, -0.2) is 10.1 Å². The third-order valence-electron chi connectivity index (χ3n) is 3.00. The maximum Gasteiger partial charge on any atom is 0.142 e. The first-order valence-electron chi connectivity index (χ1n) is 5.80. The summed E-state index contributed by atoms with van der Waals surface area (Å²) in [5.74, 6) is 0.775. The van der Waals surface area contributed by atoms with E-state index < -0.39 is 0 Å². The number of phenols is 1. The van der Waals surface area contributed by atoms with E-state index in [1.165, 1.54) is 5.56 Å². The van der Waals surface area contributed by atoms with Crippen molar-refractivity contribution in [1.82, 2.24) is 4.98 Å². The molecule has 0 bridgehead atoms. The molecule has 1 atom stereocenters. The summed E-state index contributed by atoms with van der Waals surface area (Å²) < 4.78 is 0. The van der Waals surface area contributed by atoms with Crippen LogP contribution in [0.25, 0.3) is 10.9 Å². The fourth-order valence-corrected chi connectivity index (χ4v) is 2.08. The van der Waals surface area contributed by atoms with Gasteiger partial charge in [0.2, 0.25) is 0 Å². The summed E-state index contributed by atoms with van der Waals surface area (Å²) in [4.78, 5) is 4.18. The lowest BCUT2D eigenvalue weighted by atomic mass is 9.95. The standard InChI is InChI=1S/C14H17NO/c1-3-5-10(2)12-8-11-6-4-7-15-14(11)13(16)9-12/h4,6-10,16H,3,5H2,1-2H3. The summed E-state index contributed by atoms with van der Waals surface area (Å²) in [5, 5.41) is 10.9. The van der Waals surface area contributed by atoms with Gasteiger partial charge < -0.3 is 5.11 Å². The normalized spacial score (nSPS) is 12.9. The van der Waals surface area contributed by atoms with Gasteiger partial charge in [0.25, 0.3) is 0 Å². The smallest absolute Gasteiger partial charge is 0.142 e. The lowest BCUT2D eigenvalue weighted by molar-refractivity contribution is 0.478. The van der Waals surface area contributed by atoms with Gasteiger partial charge >= 0.3 is 0 Å². The van der Waals surface area contributed by atoms with Gasteiger partial charge in [-0.15, -0.1) is 0 Å². The Morgan fingerprint density at radius 3 is 2.94 bits per heavy atom. The topological polar surface area (TPSA) is 33.1 Å². The van der Waals surface area contributed by atoms with Crippen LogP contribution < -0.4 is 0 Å². The van der Waals surface area contributed by atoms with Crippen molar-refractivity contribution in [2.75, 3.05) is 0 Å². The highest BCUT2D eigenvalue weighted by Gasteiger charge is 2.09. The van der Waals surface area contributed by atoms with Gasteiger partial charge in [-0.3, -0.25) is 4.98 Å². The minimum Gasteiger partial charge on any atom is -0.506 e. The number of hydrogen-bond acceptors (Lipinski definition) is 2. The molecule has 84 valence electrons. The monoisotopic (exact) mass is 215 g/mol. The fraction of sp³-hybridized carbons (Fsp3) is 0.357. The molecule has 16 heavy (non-hydrogen) atoms. The molecule has 0 aliphatic rings. The highest BCUT2D eigenvalue weighted by atomic mass is 16.3. The van der Waals surface area contributed by atoms with Crippen LogP contribution in [0, 0.1) is 0 Å². The average Bonchev–Trinajstić information content (AvgIpc) is 2.29. The van der Waals surface area contributed by atoms with Crippen LogP contribution in [-0.2, 0) is 0 Å². The molecule has 0 radical (unpaired) electrons.